The van der Waals surface area contributed by atoms with E-state index in [4.69, 9.17) is 9.15 Å². The molecule has 0 amide bonds. The van der Waals surface area contributed by atoms with Gasteiger partial charge in [-0.15, -0.1) is 0 Å². The van der Waals surface area contributed by atoms with Crippen LogP contribution in [0.2, 0.25) is 0 Å². The largest absolute Gasteiger partial charge is 0.466 e. The average Bonchev–Trinajstić information content (AvgIpc) is 2.99. The third kappa shape index (κ3) is 2.53. The van der Waals surface area contributed by atoms with Gasteiger partial charge in [0, 0.05) is 18.2 Å². The normalized spacial score (nSPS) is 27.1. The summed E-state index contributed by atoms with van der Waals surface area (Å²) < 4.78 is 11.9. The van der Waals surface area contributed by atoms with Crippen LogP contribution in [0, 0.1) is 19.8 Å². The van der Waals surface area contributed by atoms with E-state index >= 15 is 0 Å². The fourth-order valence-corrected chi connectivity index (χ4v) is 4.32. The molecule has 1 N–H and O–H groups in total. The van der Waals surface area contributed by atoms with Crippen LogP contribution in [-0.2, 0) is 4.74 Å². The number of aryl methyl sites for hydroxylation is 2. The van der Waals surface area contributed by atoms with Gasteiger partial charge in [0.1, 0.15) is 11.5 Å². The molecule has 3 rings (SSSR count). The lowest BCUT2D eigenvalue weighted by molar-refractivity contribution is -0.0979. The van der Waals surface area contributed by atoms with Crippen molar-refractivity contribution in [3.63, 3.8) is 0 Å². The van der Waals surface area contributed by atoms with Crippen LogP contribution in [0.25, 0.3) is 0 Å². The maximum absolute atomic E-state index is 6.17. The Balaban J connectivity index is 1.80. The standard InChI is InChI=1S/C17H27NO2/c1-12-10-15(13(2)20-12)16(18-3)14-6-9-19-17(11-14)7-4-5-8-17/h10,14,16,18H,4-9,11H2,1-3H3. The second-order valence-electron chi connectivity index (χ2n) is 6.63. The predicted molar refractivity (Wildman–Crippen MR) is 79.9 cm³/mol. The smallest absolute Gasteiger partial charge is 0.105 e. The molecule has 2 aliphatic rings. The third-order valence-corrected chi connectivity index (χ3v) is 5.24. The molecule has 20 heavy (non-hydrogen) atoms. The summed E-state index contributed by atoms with van der Waals surface area (Å²) in [6.07, 6.45) is 7.52. The van der Waals surface area contributed by atoms with Crippen molar-refractivity contribution in [1.29, 1.82) is 0 Å². The van der Waals surface area contributed by atoms with Gasteiger partial charge in [-0.1, -0.05) is 12.8 Å². The highest BCUT2D eigenvalue weighted by molar-refractivity contribution is 5.25. The van der Waals surface area contributed by atoms with Gasteiger partial charge >= 0.3 is 0 Å². The number of nitrogens with one attached hydrogen (secondary N) is 1. The molecule has 112 valence electrons. The van der Waals surface area contributed by atoms with Gasteiger partial charge in [0.2, 0.25) is 0 Å². The van der Waals surface area contributed by atoms with Crippen LogP contribution >= 0.6 is 0 Å². The lowest BCUT2D eigenvalue weighted by Crippen LogP contribution is -2.41. The Bertz CT molecular complexity index is 460. The summed E-state index contributed by atoms with van der Waals surface area (Å²) in [6.45, 7) is 5.03. The molecule has 0 bridgehead atoms. The highest BCUT2D eigenvalue weighted by Gasteiger charge is 2.42. The number of hydrogen-bond donors (Lipinski definition) is 1. The van der Waals surface area contributed by atoms with Crippen LogP contribution in [0.5, 0.6) is 0 Å². The summed E-state index contributed by atoms with van der Waals surface area (Å²) in [4.78, 5) is 0. The van der Waals surface area contributed by atoms with Crippen LogP contribution in [0.1, 0.15) is 61.7 Å². The van der Waals surface area contributed by atoms with E-state index in [1.54, 1.807) is 0 Å². The predicted octanol–water partition coefficient (Wildman–Crippen LogP) is 3.90. The number of hydrogen-bond acceptors (Lipinski definition) is 3. The Kier molecular flexibility index (Phi) is 3.91. The molecule has 3 nitrogen and oxygen atoms in total. The van der Waals surface area contributed by atoms with Gasteiger partial charge in [-0.2, -0.15) is 0 Å². The second-order valence-corrected chi connectivity index (χ2v) is 6.63. The van der Waals surface area contributed by atoms with Gasteiger partial charge < -0.3 is 14.5 Å². The Labute approximate surface area is 122 Å². The zero-order valence-corrected chi connectivity index (χ0v) is 13.0. The van der Waals surface area contributed by atoms with Crippen LogP contribution < -0.4 is 5.32 Å². The zero-order chi connectivity index (χ0) is 14.2. The maximum atomic E-state index is 6.17. The highest BCUT2D eigenvalue weighted by Crippen LogP contribution is 2.45. The minimum Gasteiger partial charge on any atom is -0.466 e. The Morgan fingerprint density at radius 2 is 2.05 bits per heavy atom. The molecule has 1 aliphatic carbocycles. The highest BCUT2D eigenvalue weighted by atomic mass is 16.5. The molecule has 2 fully saturated rings. The molecule has 0 radical (unpaired) electrons. The van der Waals surface area contributed by atoms with Crippen molar-refractivity contribution >= 4 is 0 Å². The van der Waals surface area contributed by atoms with E-state index in [-0.39, 0.29) is 5.60 Å². The molecule has 1 aromatic heterocycles. The first-order valence-corrected chi connectivity index (χ1v) is 8.02. The molecule has 1 saturated heterocycles. The van der Waals surface area contributed by atoms with E-state index < -0.39 is 0 Å². The Hall–Kier alpha value is -0.800. The van der Waals surface area contributed by atoms with Crippen molar-refractivity contribution in [3.8, 4) is 0 Å². The summed E-state index contributed by atoms with van der Waals surface area (Å²) in [7, 11) is 2.07. The molecule has 1 aliphatic heterocycles. The summed E-state index contributed by atoms with van der Waals surface area (Å²) in [5, 5.41) is 3.53. The van der Waals surface area contributed by atoms with Crippen molar-refractivity contribution < 1.29 is 9.15 Å². The molecule has 1 aromatic rings. The number of rotatable bonds is 3. The Morgan fingerprint density at radius 3 is 2.65 bits per heavy atom. The number of ether oxygens (including phenoxy) is 1. The van der Waals surface area contributed by atoms with Crippen LogP contribution in [0.4, 0.5) is 0 Å². The lowest BCUT2D eigenvalue weighted by atomic mass is 9.78. The minimum atomic E-state index is 0.185. The first-order chi connectivity index (χ1) is 9.63. The summed E-state index contributed by atoms with van der Waals surface area (Å²) >= 11 is 0. The van der Waals surface area contributed by atoms with Gasteiger partial charge in [-0.25, -0.2) is 0 Å². The van der Waals surface area contributed by atoms with E-state index in [9.17, 15) is 0 Å². The molecule has 3 heteroatoms. The molecule has 2 unspecified atom stereocenters. The maximum Gasteiger partial charge on any atom is 0.105 e. The third-order valence-electron chi connectivity index (χ3n) is 5.24. The monoisotopic (exact) mass is 277 g/mol. The summed E-state index contributed by atoms with van der Waals surface area (Å²) in [5.74, 6) is 2.73. The van der Waals surface area contributed by atoms with Crippen LogP contribution in [0.15, 0.2) is 10.5 Å². The fourth-order valence-electron chi connectivity index (χ4n) is 4.32. The first-order valence-electron chi connectivity index (χ1n) is 8.02. The fraction of sp³-hybridized carbons (Fsp3) is 0.765. The van der Waals surface area contributed by atoms with Gasteiger partial charge in [-0.05, 0) is 58.6 Å². The van der Waals surface area contributed by atoms with E-state index in [1.807, 2.05) is 6.92 Å². The summed E-state index contributed by atoms with van der Waals surface area (Å²) in [6, 6.07) is 2.60. The minimum absolute atomic E-state index is 0.185. The van der Waals surface area contributed by atoms with Crippen molar-refractivity contribution in [1.82, 2.24) is 5.32 Å². The van der Waals surface area contributed by atoms with E-state index in [1.165, 1.54) is 37.7 Å². The SMILES string of the molecule is CNC(c1cc(C)oc1C)C1CCOC2(CCCC2)C1. The van der Waals surface area contributed by atoms with Crippen molar-refractivity contribution in [2.45, 2.75) is 64.0 Å². The Morgan fingerprint density at radius 1 is 1.30 bits per heavy atom. The van der Waals surface area contributed by atoms with Crippen molar-refractivity contribution in [2.24, 2.45) is 5.92 Å². The lowest BCUT2D eigenvalue weighted by Gasteiger charge is -2.41. The first kappa shape index (κ1) is 14.2. The van der Waals surface area contributed by atoms with Crippen LogP contribution in [0.3, 0.4) is 0 Å². The zero-order valence-electron chi connectivity index (χ0n) is 13.0. The molecule has 2 heterocycles. The number of furan rings is 1. The molecular weight excluding hydrogens is 250 g/mol. The molecule has 1 spiro atoms. The second kappa shape index (κ2) is 5.53. The molecule has 2 atom stereocenters. The average molecular weight is 277 g/mol. The van der Waals surface area contributed by atoms with E-state index in [2.05, 4.69) is 25.4 Å². The molecule has 0 aromatic carbocycles. The quantitative estimate of drug-likeness (QED) is 0.910. The van der Waals surface area contributed by atoms with E-state index in [0.29, 0.717) is 12.0 Å². The van der Waals surface area contributed by atoms with Crippen molar-refractivity contribution in [2.75, 3.05) is 13.7 Å². The van der Waals surface area contributed by atoms with Gasteiger partial charge in [0.15, 0.2) is 0 Å². The van der Waals surface area contributed by atoms with Gasteiger partial charge in [0.25, 0.3) is 0 Å². The topological polar surface area (TPSA) is 34.4 Å². The van der Waals surface area contributed by atoms with Gasteiger partial charge in [0.05, 0.1) is 5.60 Å². The van der Waals surface area contributed by atoms with Gasteiger partial charge in [-0.3, -0.25) is 0 Å². The van der Waals surface area contributed by atoms with Crippen LogP contribution in [-0.4, -0.2) is 19.3 Å². The van der Waals surface area contributed by atoms with E-state index in [0.717, 1.165) is 24.5 Å². The molecular formula is C17H27NO2. The van der Waals surface area contributed by atoms with Crippen molar-refractivity contribution in [3.05, 3.63) is 23.2 Å². The summed E-state index contributed by atoms with van der Waals surface area (Å²) in [5.41, 5.74) is 1.52. The molecule has 1 saturated carbocycles.